The van der Waals surface area contributed by atoms with Crippen LogP contribution in [0.25, 0.3) is 16.7 Å². The summed E-state index contributed by atoms with van der Waals surface area (Å²) >= 11 is 0. The third kappa shape index (κ3) is 1.69. The Morgan fingerprint density at radius 3 is 2.61 bits per heavy atom. The van der Waals surface area contributed by atoms with Gasteiger partial charge in [-0.05, 0) is 25.1 Å². The van der Waals surface area contributed by atoms with Crippen LogP contribution in [-0.2, 0) is 0 Å². The van der Waals surface area contributed by atoms with Crippen LogP contribution >= 0.6 is 0 Å². The summed E-state index contributed by atoms with van der Waals surface area (Å²) in [6.45, 7) is 1.78. The Labute approximate surface area is 105 Å². The number of rotatable bonds is 2. The van der Waals surface area contributed by atoms with E-state index < -0.39 is 6.10 Å². The molecule has 0 radical (unpaired) electrons. The van der Waals surface area contributed by atoms with Crippen LogP contribution in [-0.4, -0.2) is 14.7 Å². The molecule has 0 fully saturated rings. The van der Waals surface area contributed by atoms with Gasteiger partial charge < -0.3 is 5.11 Å². The van der Waals surface area contributed by atoms with E-state index >= 15 is 0 Å². The fourth-order valence-electron chi connectivity index (χ4n) is 2.21. The third-order valence-corrected chi connectivity index (χ3v) is 3.10. The van der Waals surface area contributed by atoms with Crippen LogP contribution in [0.3, 0.4) is 0 Å². The third-order valence-electron chi connectivity index (χ3n) is 3.10. The van der Waals surface area contributed by atoms with E-state index in [1.807, 2.05) is 53.1 Å². The first-order chi connectivity index (χ1) is 8.77. The van der Waals surface area contributed by atoms with Crippen molar-refractivity contribution in [2.24, 2.45) is 0 Å². The fraction of sp³-hybridized carbons (Fsp3) is 0.133. The molecule has 3 aromatic rings. The topological polar surface area (TPSA) is 38.0 Å². The van der Waals surface area contributed by atoms with E-state index in [2.05, 4.69) is 4.98 Å². The normalized spacial score (nSPS) is 12.8. The Morgan fingerprint density at radius 2 is 1.78 bits per heavy atom. The van der Waals surface area contributed by atoms with Crippen molar-refractivity contribution in [3.8, 4) is 5.69 Å². The second-order valence-electron chi connectivity index (χ2n) is 4.34. The van der Waals surface area contributed by atoms with E-state index in [1.165, 1.54) is 0 Å². The molecule has 0 bridgehead atoms. The number of benzene rings is 2. The van der Waals surface area contributed by atoms with E-state index in [0.717, 1.165) is 22.3 Å². The highest BCUT2D eigenvalue weighted by atomic mass is 16.3. The number of imidazole rings is 1. The van der Waals surface area contributed by atoms with Crippen molar-refractivity contribution in [3.63, 3.8) is 0 Å². The predicted octanol–water partition coefficient (Wildman–Crippen LogP) is 3.08. The van der Waals surface area contributed by atoms with Gasteiger partial charge in [-0.15, -0.1) is 0 Å². The fourth-order valence-corrected chi connectivity index (χ4v) is 2.21. The summed E-state index contributed by atoms with van der Waals surface area (Å²) in [6.07, 6.45) is 1.30. The van der Waals surface area contributed by atoms with E-state index in [9.17, 15) is 5.11 Å². The molecule has 1 atom stereocenters. The average molecular weight is 238 g/mol. The molecule has 90 valence electrons. The van der Waals surface area contributed by atoms with E-state index in [1.54, 1.807) is 13.3 Å². The van der Waals surface area contributed by atoms with Crippen molar-refractivity contribution >= 4 is 11.0 Å². The second kappa shape index (κ2) is 4.27. The van der Waals surface area contributed by atoms with Gasteiger partial charge in [0, 0.05) is 5.56 Å². The number of hydrogen-bond acceptors (Lipinski definition) is 2. The van der Waals surface area contributed by atoms with Gasteiger partial charge in [0.15, 0.2) is 0 Å². The van der Waals surface area contributed by atoms with Crippen LogP contribution < -0.4 is 0 Å². The number of aromatic nitrogens is 2. The summed E-state index contributed by atoms with van der Waals surface area (Å²) in [5.41, 5.74) is 3.88. The van der Waals surface area contributed by atoms with Gasteiger partial charge in [0.1, 0.15) is 6.33 Å². The Hall–Kier alpha value is -2.13. The first kappa shape index (κ1) is 11.0. The molecule has 0 saturated heterocycles. The number of fused-ring (bicyclic) bond motifs is 1. The number of aliphatic hydroxyl groups is 1. The summed E-state index contributed by atoms with van der Waals surface area (Å²) < 4.78 is 2.01. The Morgan fingerprint density at radius 1 is 1.06 bits per heavy atom. The number of aliphatic hydroxyl groups excluding tert-OH is 1. The minimum atomic E-state index is -0.498. The van der Waals surface area contributed by atoms with Gasteiger partial charge in [0.2, 0.25) is 0 Å². The Balaban J connectivity index is 2.27. The number of nitrogens with zero attached hydrogens (tertiary/aromatic N) is 2. The van der Waals surface area contributed by atoms with Crippen LogP contribution in [0.4, 0.5) is 0 Å². The van der Waals surface area contributed by atoms with E-state index in [-0.39, 0.29) is 0 Å². The molecule has 2 aromatic carbocycles. The van der Waals surface area contributed by atoms with Crippen LogP contribution in [0.5, 0.6) is 0 Å². The lowest BCUT2D eigenvalue weighted by Gasteiger charge is -2.13. The van der Waals surface area contributed by atoms with Gasteiger partial charge in [-0.2, -0.15) is 0 Å². The van der Waals surface area contributed by atoms with E-state index in [0.29, 0.717) is 0 Å². The zero-order valence-electron chi connectivity index (χ0n) is 10.1. The van der Waals surface area contributed by atoms with Crippen LogP contribution in [0.15, 0.2) is 54.9 Å². The molecule has 1 N–H and O–H groups in total. The van der Waals surface area contributed by atoms with Gasteiger partial charge in [-0.3, -0.25) is 4.57 Å². The molecule has 3 nitrogen and oxygen atoms in total. The maximum atomic E-state index is 9.84. The molecule has 1 unspecified atom stereocenters. The number of hydrogen-bond donors (Lipinski definition) is 1. The van der Waals surface area contributed by atoms with Crippen molar-refractivity contribution in [3.05, 3.63) is 60.4 Å². The molecule has 3 rings (SSSR count). The molecule has 0 amide bonds. The van der Waals surface area contributed by atoms with Gasteiger partial charge in [0.25, 0.3) is 0 Å². The maximum Gasteiger partial charge on any atom is 0.100 e. The molecule has 18 heavy (non-hydrogen) atoms. The molecule has 0 aliphatic rings. The summed E-state index contributed by atoms with van der Waals surface area (Å²) in [4.78, 5) is 4.38. The molecule has 0 aliphatic heterocycles. The van der Waals surface area contributed by atoms with Crippen molar-refractivity contribution in [2.75, 3.05) is 0 Å². The van der Waals surface area contributed by atoms with Gasteiger partial charge in [-0.1, -0.05) is 30.3 Å². The average Bonchev–Trinajstić information content (AvgIpc) is 2.82. The molecule has 0 aliphatic carbocycles. The van der Waals surface area contributed by atoms with Crippen molar-refractivity contribution < 1.29 is 5.11 Å². The molecule has 0 spiro atoms. The number of para-hydroxylation sites is 3. The summed E-state index contributed by atoms with van der Waals surface area (Å²) in [5, 5.41) is 9.84. The van der Waals surface area contributed by atoms with Crippen LogP contribution in [0.2, 0.25) is 0 Å². The van der Waals surface area contributed by atoms with Crippen LogP contribution in [0, 0.1) is 0 Å². The Kier molecular flexibility index (Phi) is 2.61. The summed E-state index contributed by atoms with van der Waals surface area (Å²) in [6, 6.07) is 15.8. The molecule has 3 heteroatoms. The van der Waals surface area contributed by atoms with Gasteiger partial charge >= 0.3 is 0 Å². The minimum absolute atomic E-state index is 0.498. The zero-order chi connectivity index (χ0) is 12.5. The highest BCUT2D eigenvalue weighted by Gasteiger charge is 2.10. The highest BCUT2D eigenvalue weighted by Crippen LogP contribution is 2.24. The lowest BCUT2D eigenvalue weighted by Crippen LogP contribution is -2.01. The Bertz CT molecular complexity index is 686. The van der Waals surface area contributed by atoms with Crippen molar-refractivity contribution in [2.45, 2.75) is 13.0 Å². The minimum Gasteiger partial charge on any atom is -0.389 e. The van der Waals surface area contributed by atoms with Crippen LogP contribution in [0.1, 0.15) is 18.6 Å². The molecule has 1 heterocycles. The van der Waals surface area contributed by atoms with Crippen molar-refractivity contribution in [1.82, 2.24) is 9.55 Å². The quantitative estimate of drug-likeness (QED) is 0.745. The molecular formula is C15H14N2O. The van der Waals surface area contributed by atoms with E-state index in [4.69, 9.17) is 0 Å². The van der Waals surface area contributed by atoms with Gasteiger partial charge in [0.05, 0.1) is 22.8 Å². The standard InChI is InChI=1S/C15H14N2O/c1-11(18)12-6-2-4-8-14(12)17-10-16-13-7-3-5-9-15(13)17/h2-11,18H,1H3. The first-order valence-corrected chi connectivity index (χ1v) is 5.97. The second-order valence-corrected chi connectivity index (χ2v) is 4.34. The SMILES string of the molecule is CC(O)c1ccccc1-n1cnc2ccccc21. The first-order valence-electron chi connectivity index (χ1n) is 5.97. The smallest absolute Gasteiger partial charge is 0.100 e. The largest absolute Gasteiger partial charge is 0.389 e. The lowest BCUT2D eigenvalue weighted by atomic mass is 10.1. The van der Waals surface area contributed by atoms with Gasteiger partial charge in [-0.25, -0.2) is 4.98 Å². The summed E-state index contributed by atoms with van der Waals surface area (Å²) in [5.74, 6) is 0. The monoisotopic (exact) mass is 238 g/mol. The molecule has 0 saturated carbocycles. The molecular weight excluding hydrogens is 224 g/mol. The lowest BCUT2D eigenvalue weighted by molar-refractivity contribution is 0.199. The summed E-state index contributed by atoms with van der Waals surface area (Å²) in [7, 11) is 0. The highest BCUT2D eigenvalue weighted by molar-refractivity contribution is 5.77. The molecule has 1 aromatic heterocycles. The van der Waals surface area contributed by atoms with Crippen molar-refractivity contribution in [1.29, 1.82) is 0 Å². The zero-order valence-corrected chi connectivity index (χ0v) is 10.1. The predicted molar refractivity (Wildman–Crippen MR) is 71.7 cm³/mol. The maximum absolute atomic E-state index is 9.84.